The van der Waals surface area contributed by atoms with E-state index in [1.54, 1.807) is 19.1 Å². The number of rotatable bonds is 4. The maximum atomic E-state index is 12.3. The summed E-state index contributed by atoms with van der Waals surface area (Å²) in [5.41, 5.74) is 6.59. The Labute approximate surface area is 130 Å². The van der Waals surface area contributed by atoms with Crippen LogP contribution in [0, 0.1) is 6.92 Å². The number of hydrogen-bond acceptors (Lipinski definition) is 6. The van der Waals surface area contributed by atoms with Gasteiger partial charge in [-0.3, -0.25) is 0 Å². The number of ether oxygens (including phenoxy) is 1. The molecular weight excluding hydrogens is 360 g/mol. The van der Waals surface area contributed by atoms with Crippen LogP contribution in [0.2, 0.25) is 0 Å². The summed E-state index contributed by atoms with van der Waals surface area (Å²) in [5, 5.41) is 0. The van der Waals surface area contributed by atoms with Crippen molar-refractivity contribution in [3.63, 3.8) is 0 Å². The summed E-state index contributed by atoms with van der Waals surface area (Å²) in [4.78, 5) is 7.97. The van der Waals surface area contributed by atoms with E-state index < -0.39 is 10.0 Å². The lowest BCUT2D eigenvalue weighted by Crippen LogP contribution is -2.16. The summed E-state index contributed by atoms with van der Waals surface area (Å²) in [5.74, 6) is 0.212. The first-order valence-electron chi connectivity index (χ1n) is 5.79. The Morgan fingerprint density at radius 3 is 2.62 bits per heavy atom. The average Bonchev–Trinajstić information content (AvgIpc) is 2.40. The number of halogens is 1. The lowest BCUT2D eigenvalue weighted by molar-refractivity contribution is 0.397. The van der Waals surface area contributed by atoms with E-state index in [1.165, 1.54) is 19.2 Å². The number of nitrogens with zero attached hydrogens (tertiary/aromatic N) is 2. The second kappa shape index (κ2) is 5.86. The van der Waals surface area contributed by atoms with E-state index in [2.05, 4.69) is 30.6 Å². The van der Waals surface area contributed by atoms with Crippen LogP contribution in [-0.4, -0.2) is 25.5 Å². The number of aromatic nitrogens is 2. The van der Waals surface area contributed by atoms with Crippen molar-refractivity contribution in [1.29, 1.82) is 0 Å². The maximum absolute atomic E-state index is 12.3. The highest BCUT2D eigenvalue weighted by molar-refractivity contribution is 9.10. The van der Waals surface area contributed by atoms with Crippen molar-refractivity contribution >= 4 is 37.6 Å². The Hall–Kier alpha value is -1.87. The summed E-state index contributed by atoms with van der Waals surface area (Å²) in [7, 11) is -2.39. The van der Waals surface area contributed by atoms with Crippen LogP contribution in [-0.2, 0) is 10.0 Å². The van der Waals surface area contributed by atoms with Gasteiger partial charge in [0.2, 0.25) is 11.8 Å². The Morgan fingerprint density at radius 2 is 2.00 bits per heavy atom. The molecule has 0 unspecified atom stereocenters. The number of sulfonamides is 1. The van der Waals surface area contributed by atoms with Crippen molar-refractivity contribution in [1.82, 2.24) is 9.97 Å². The monoisotopic (exact) mass is 372 g/mol. The molecule has 0 bridgehead atoms. The SMILES string of the molecule is COc1cc(C)nc(NS(=O)(=O)c2ccc(Br)c(N)c2)n1. The number of nitrogen functional groups attached to an aromatic ring is 1. The molecule has 21 heavy (non-hydrogen) atoms. The van der Waals surface area contributed by atoms with Gasteiger partial charge < -0.3 is 10.5 Å². The molecule has 0 spiro atoms. The molecule has 0 saturated heterocycles. The molecule has 1 aromatic heterocycles. The van der Waals surface area contributed by atoms with E-state index in [0.29, 0.717) is 15.9 Å². The highest BCUT2D eigenvalue weighted by Crippen LogP contribution is 2.24. The van der Waals surface area contributed by atoms with E-state index in [4.69, 9.17) is 10.5 Å². The summed E-state index contributed by atoms with van der Waals surface area (Å²) >= 11 is 3.21. The van der Waals surface area contributed by atoms with Crippen molar-refractivity contribution in [3.05, 3.63) is 34.4 Å². The van der Waals surface area contributed by atoms with E-state index in [1.807, 2.05) is 0 Å². The van der Waals surface area contributed by atoms with Crippen molar-refractivity contribution in [2.45, 2.75) is 11.8 Å². The van der Waals surface area contributed by atoms with Gasteiger partial charge in [0, 0.05) is 21.9 Å². The lowest BCUT2D eigenvalue weighted by atomic mass is 10.3. The smallest absolute Gasteiger partial charge is 0.264 e. The van der Waals surface area contributed by atoms with E-state index in [0.717, 1.165) is 0 Å². The van der Waals surface area contributed by atoms with Gasteiger partial charge >= 0.3 is 0 Å². The molecule has 112 valence electrons. The van der Waals surface area contributed by atoms with E-state index in [9.17, 15) is 8.42 Å². The fourth-order valence-corrected chi connectivity index (χ4v) is 2.78. The van der Waals surface area contributed by atoms with Gasteiger partial charge in [0.05, 0.1) is 12.0 Å². The third-order valence-electron chi connectivity index (χ3n) is 2.54. The Kier molecular flexibility index (Phi) is 4.33. The predicted molar refractivity (Wildman–Crippen MR) is 82.7 cm³/mol. The number of nitrogens with one attached hydrogen (secondary N) is 1. The molecule has 1 aromatic carbocycles. The molecule has 7 nitrogen and oxygen atoms in total. The second-order valence-corrected chi connectivity index (χ2v) is 6.70. The van der Waals surface area contributed by atoms with Crippen LogP contribution in [0.25, 0.3) is 0 Å². The van der Waals surface area contributed by atoms with Crippen LogP contribution < -0.4 is 15.2 Å². The molecule has 0 saturated carbocycles. The summed E-state index contributed by atoms with van der Waals surface area (Å²) in [6.07, 6.45) is 0. The zero-order valence-electron chi connectivity index (χ0n) is 11.3. The molecule has 1 heterocycles. The number of methoxy groups -OCH3 is 1. The van der Waals surface area contributed by atoms with Gasteiger partial charge in [0.25, 0.3) is 10.0 Å². The number of benzene rings is 1. The predicted octanol–water partition coefficient (Wildman–Crippen LogP) is 1.94. The van der Waals surface area contributed by atoms with Crippen LogP contribution in [0.4, 0.5) is 11.6 Å². The highest BCUT2D eigenvalue weighted by atomic mass is 79.9. The van der Waals surface area contributed by atoms with Gasteiger partial charge in [-0.05, 0) is 41.1 Å². The Bertz CT molecular complexity index is 780. The van der Waals surface area contributed by atoms with E-state index in [-0.39, 0.29) is 16.7 Å². The summed E-state index contributed by atoms with van der Waals surface area (Å²) in [6, 6.07) is 5.92. The highest BCUT2D eigenvalue weighted by Gasteiger charge is 2.17. The molecule has 0 aliphatic rings. The Balaban J connectivity index is 2.37. The third-order valence-corrected chi connectivity index (χ3v) is 4.59. The minimum Gasteiger partial charge on any atom is -0.481 e. The largest absolute Gasteiger partial charge is 0.481 e. The molecular formula is C12H13BrN4O3S. The van der Waals surface area contributed by atoms with Crippen LogP contribution >= 0.6 is 15.9 Å². The minimum atomic E-state index is -3.83. The normalized spacial score (nSPS) is 11.2. The minimum absolute atomic E-state index is 0.0206. The standard InChI is InChI=1S/C12H13BrN4O3S/c1-7-5-11(20-2)16-12(15-7)17-21(18,19)8-3-4-9(13)10(14)6-8/h3-6H,14H2,1-2H3,(H,15,16,17). The third kappa shape index (κ3) is 3.61. The number of anilines is 2. The molecule has 0 radical (unpaired) electrons. The Morgan fingerprint density at radius 1 is 1.29 bits per heavy atom. The fraction of sp³-hybridized carbons (Fsp3) is 0.167. The average molecular weight is 373 g/mol. The molecule has 0 fully saturated rings. The summed E-state index contributed by atoms with van der Waals surface area (Å²) in [6.45, 7) is 1.71. The topological polar surface area (TPSA) is 107 Å². The van der Waals surface area contributed by atoms with Gasteiger partial charge in [0.1, 0.15) is 0 Å². The first-order valence-corrected chi connectivity index (χ1v) is 8.07. The van der Waals surface area contributed by atoms with Gasteiger partial charge in [-0.25, -0.2) is 18.1 Å². The van der Waals surface area contributed by atoms with Gasteiger partial charge in [-0.15, -0.1) is 0 Å². The quantitative estimate of drug-likeness (QED) is 0.794. The molecule has 0 atom stereocenters. The van der Waals surface area contributed by atoms with E-state index >= 15 is 0 Å². The van der Waals surface area contributed by atoms with Crippen molar-refractivity contribution in [2.75, 3.05) is 17.6 Å². The van der Waals surface area contributed by atoms with Gasteiger partial charge in [-0.1, -0.05) is 0 Å². The molecule has 0 aliphatic heterocycles. The van der Waals surface area contributed by atoms with Crippen molar-refractivity contribution < 1.29 is 13.2 Å². The molecule has 2 rings (SSSR count). The van der Waals surface area contributed by atoms with Gasteiger partial charge in [-0.2, -0.15) is 4.98 Å². The number of hydrogen-bond donors (Lipinski definition) is 2. The summed E-state index contributed by atoms with van der Waals surface area (Å²) < 4.78 is 32.4. The molecule has 2 aromatic rings. The first kappa shape index (κ1) is 15.5. The molecule has 0 amide bonds. The van der Waals surface area contributed by atoms with Crippen LogP contribution in [0.5, 0.6) is 5.88 Å². The van der Waals surface area contributed by atoms with Crippen LogP contribution in [0.15, 0.2) is 33.6 Å². The number of aryl methyl sites for hydroxylation is 1. The zero-order chi connectivity index (χ0) is 15.6. The number of nitrogens with two attached hydrogens (primary N) is 1. The van der Waals surface area contributed by atoms with Gasteiger partial charge in [0.15, 0.2) is 0 Å². The zero-order valence-corrected chi connectivity index (χ0v) is 13.7. The second-order valence-electron chi connectivity index (χ2n) is 4.16. The molecule has 0 aliphatic carbocycles. The molecule has 3 N–H and O–H groups in total. The van der Waals surface area contributed by atoms with Crippen LogP contribution in [0.1, 0.15) is 5.69 Å². The maximum Gasteiger partial charge on any atom is 0.264 e. The van der Waals surface area contributed by atoms with Crippen molar-refractivity contribution in [2.24, 2.45) is 0 Å². The lowest BCUT2D eigenvalue weighted by Gasteiger charge is -2.09. The first-order chi connectivity index (χ1) is 9.81. The van der Waals surface area contributed by atoms with Crippen molar-refractivity contribution in [3.8, 4) is 5.88 Å². The fourth-order valence-electron chi connectivity index (χ4n) is 1.56. The van der Waals surface area contributed by atoms with Crippen LogP contribution in [0.3, 0.4) is 0 Å². The molecule has 9 heteroatoms.